The number of nitrogens with zero attached hydrogens (tertiary/aromatic N) is 1. The van der Waals surface area contributed by atoms with Crippen LogP contribution in [0.4, 0.5) is 0 Å². The van der Waals surface area contributed by atoms with Crippen LogP contribution in [0.15, 0.2) is 48.5 Å². The van der Waals surface area contributed by atoms with Crippen LogP contribution in [0.2, 0.25) is 0 Å². The van der Waals surface area contributed by atoms with E-state index in [1.54, 1.807) is 4.90 Å². The van der Waals surface area contributed by atoms with Crippen LogP contribution >= 0.6 is 11.6 Å². The quantitative estimate of drug-likeness (QED) is 0.577. The Labute approximate surface area is 196 Å². The lowest BCUT2D eigenvalue weighted by Crippen LogP contribution is -2.49. The SMILES string of the molecule is Cc1ccc([C@H](C(=O)NC2CCCCC2)N(C(=O)CCl)[C@@H]2CCCc3ccccc32)cc1. The van der Waals surface area contributed by atoms with Crippen LogP contribution in [-0.2, 0) is 16.0 Å². The van der Waals surface area contributed by atoms with Crippen molar-refractivity contribution < 1.29 is 9.59 Å². The molecular weight excluding hydrogens is 420 g/mol. The molecule has 2 aliphatic rings. The van der Waals surface area contributed by atoms with E-state index in [1.807, 2.05) is 43.3 Å². The van der Waals surface area contributed by atoms with E-state index < -0.39 is 6.04 Å². The Morgan fingerprint density at radius 2 is 1.72 bits per heavy atom. The van der Waals surface area contributed by atoms with Gasteiger partial charge in [0.1, 0.15) is 11.9 Å². The minimum atomic E-state index is -0.695. The predicted molar refractivity (Wildman–Crippen MR) is 129 cm³/mol. The van der Waals surface area contributed by atoms with E-state index in [-0.39, 0.29) is 29.8 Å². The second-order valence-corrected chi connectivity index (χ2v) is 9.47. The second-order valence-electron chi connectivity index (χ2n) is 9.20. The third-order valence-electron chi connectivity index (χ3n) is 6.95. The fourth-order valence-electron chi connectivity index (χ4n) is 5.30. The molecule has 0 radical (unpaired) electrons. The lowest BCUT2D eigenvalue weighted by Gasteiger charge is -2.41. The van der Waals surface area contributed by atoms with E-state index in [9.17, 15) is 9.59 Å². The van der Waals surface area contributed by atoms with E-state index in [1.165, 1.54) is 12.0 Å². The second kappa shape index (κ2) is 10.5. The van der Waals surface area contributed by atoms with Crippen molar-refractivity contribution in [1.29, 1.82) is 0 Å². The van der Waals surface area contributed by atoms with Crippen molar-refractivity contribution in [3.05, 3.63) is 70.8 Å². The summed E-state index contributed by atoms with van der Waals surface area (Å²) in [6, 6.07) is 15.6. The molecule has 4 rings (SSSR count). The normalized spacial score (nSPS) is 19.6. The van der Waals surface area contributed by atoms with Gasteiger partial charge in [-0.2, -0.15) is 0 Å². The molecule has 0 aliphatic heterocycles. The zero-order valence-corrected chi connectivity index (χ0v) is 19.6. The summed E-state index contributed by atoms with van der Waals surface area (Å²) in [5.41, 5.74) is 4.36. The summed E-state index contributed by atoms with van der Waals surface area (Å²) in [7, 11) is 0. The first kappa shape index (κ1) is 22.8. The number of amides is 2. The van der Waals surface area contributed by atoms with Gasteiger partial charge in [0, 0.05) is 6.04 Å². The Morgan fingerprint density at radius 3 is 2.44 bits per heavy atom. The molecule has 4 nitrogen and oxygen atoms in total. The third kappa shape index (κ3) is 5.01. The van der Waals surface area contributed by atoms with Crippen LogP contribution in [0.5, 0.6) is 0 Å². The molecule has 170 valence electrons. The zero-order valence-electron chi connectivity index (χ0n) is 18.9. The number of nitrogens with one attached hydrogen (secondary N) is 1. The topological polar surface area (TPSA) is 49.4 Å². The largest absolute Gasteiger partial charge is 0.351 e. The molecule has 2 aliphatic carbocycles. The van der Waals surface area contributed by atoms with Gasteiger partial charge in [0.25, 0.3) is 0 Å². The fourth-order valence-corrected chi connectivity index (χ4v) is 5.44. The average Bonchev–Trinajstić information content (AvgIpc) is 2.83. The lowest BCUT2D eigenvalue weighted by atomic mass is 9.85. The molecule has 2 amide bonds. The summed E-state index contributed by atoms with van der Waals surface area (Å²) >= 11 is 6.12. The van der Waals surface area contributed by atoms with Gasteiger partial charge < -0.3 is 10.2 Å². The highest BCUT2D eigenvalue weighted by Crippen LogP contribution is 2.39. The Hall–Kier alpha value is -2.33. The van der Waals surface area contributed by atoms with Gasteiger partial charge in [-0.1, -0.05) is 73.4 Å². The van der Waals surface area contributed by atoms with Crippen molar-refractivity contribution in [3.8, 4) is 0 Å². The average molecular weight is 453 g/mol. The van der Waals surface area contributed by atoms with Crippen molar-refractivity contribution in [2.45, 2.75) is 76.4 Å². The summed E-state index contributed by atoms with van der Waals surface area (Å²) in [6.07, 6.45) is 8.32. The van der Waals surface area contributed by atoms with Crippen LogP contribution in [0.1, 0.15) is 79.3 Å². The number of rotatable bonds is 6. The maximum atomic E-state index is 13.8. The van der Waals surface area contributed by atoms with Gasteiger partial charge in [-0.3, -0.25) is 9.59 Å². The summed E-state index contributed by atoms with van der Waals surface area (Å²) in [5, 5.41) is 3.28. The van der Waals surface area contributed by atoms with Gasteiger partial charge >= 0.3 is 0 Å². The molecule has 2 aromatic rings. The van der Waals surface area contributed by atoms with Gasteiger partial charge in [0.05, 0.1) is 6.04 Å². The summed E-state index contributed by atoms with van der Waals surface area (Å²) in [4.78, 5) is 28.9. The van der Waals surface area contributed by atoms with E-state index in [0.29, 0.717) is 0 Å². The molecule has 1 saturated carbocycles. The van der Waals surface area contributed by atoms with Crippen LogP contribution in [-0.4, -0.2) is 28.6 Å². The van der Waals surface area contributed by atoms with Gasteiger partial charge in [0.15, 0.2) is 0 Å². The molecule has 1 N–H and O–H groups in total. The third-order valence-corrected chi connectivity index (χ3v) is 7.18. The van der Waals surface area contributed by atoms with Crippen molar-refractivity contribution in [3.63, 3.8) is 0 Å². The number of hydrogen-bond donors (Lipinski definition) is 1. The molecule has 2 aromatic carbocycles. The smallest absolute Gasteiger partial charge is 0.247 e. The Bertz CT molecular complexity index is 937. The number of fused-ring (bicyclic) bond motifs is 1. The Kier molecular flexibility index (Phi) is 7.51. The fraction of sp³-hybridized carbons (Fsp3) is 0.481. The van der Waals surface area contributed by atoms with Crippen molar-refractivity contribution in [2.24, 2.45) is 0 Å². The molecule has 0 unspecified atom stereocenters. The highest BCUT2D eigenvalue weighted by Gasteiger charge is 2.39. The van der Waals surface area contributed by atoms with Crippen molar-refractivity contribution >= 4 is 23.4 Å². The molecule has 5 heteroatoms. The number of carbonyl (C=O) groups is 2. The van der Waals surface area contributed by atoms with E-state index in [4.69, 9.17) is 11.6 Å². The molecule has 0 saturated heterocycles. The first-order chi connectivity index (χ1) is 15.6. The number of aryl methyl sites for hydroxylation is 2. The van der Waals surface area contributed by atoms with Gasteiger partial charge in [-0.25, -0.2) is 0 Å². The number of hydrogen-bond acceptors (Lipinski definition) is 2. The van der Waals surface area contributed by atoms with Crippen molar-refractivity contribution in [1.82, 2.24) is 10.2 Å². The molecule has 1 fully saturated rings. The van der Waals surface area contributed by atoms with Gasteiger partial charge in [-0.15, -0.1) is 11.6 Å². The molecule has 0 heterocycles. The number of carbonyl (C=O) groups excluding carboxylic acids is 2. The molecule has 0 bridgehead atoms. The van der Waals surface area contributed by atoms with E-state index in [0.717, 1.165) is 61.6 Å². The van der Waals surface area contributed by atoms with Crippen molar-refractivity contribution in [2.75, 3.05) is 5.88 Å². The highest BCUT2D eigenvalue weighted by atomic mass is 35.5. The van der Waals surface area contributed by atoms with E-state index in [2.05, 4.69) is 17.4 Å². The minimum absolute atomic E-state index is 0.0951. The predicted octanol–water partition coefficient (Wildman–Crippen LogP) is 5.63. The van der Waals surface area contributed by atoms with Gasteiger partial charge in [-0.05, 0) is 55.7 Å². The highest BCUT2D eigenvalue weighted by molar-refractivity contribution is 6.27. The molecule has 0 spiro atoms. The van der Waals surface area contributed by atoms with Crippen LogP contribution in [0.25, 0.3) is 0 Å². The number of benzene rings is 2. The minimum Gasteiger partial charge on any atom is -0.351 e. The summed E-state index contributed by atoms with van der Waals surface area (Å²) < 4.78 is 0. The van der Waals surface area contributed by atoms with Crippen LogP contribution in [0.3, 0.4) is 0 Å². The Morgan fingerprint density at radius 1 is 1.00 bits per heavy atom. The number of halogens is 1. The number of alkyl halides is 1. The van der Waals surface area contributed by atoms with Crippen LogP contribution in [0, 0.1) is 6.92 Å². The zero-order chi connectivity index (χ0) is 22.5. The monoisotopic (exact) mass is 452 g/mol. The Balaban J connectivity index is 1.74. The molecular formula is C27H33ClN2O2. The first-order valence-electron chi connectivity index (χ1n) is 11.9. The molecule has 0 aromatic heterocycles. The lowest BCUT2D eigenvalue weighted by molar-refractivity contribution is -0.142. The summed E-state index contributed by atoms with van der Waals surface area (Å²) in [6.45, 7) is 2.03. The maximum Gasteiger partial charge on any atom is 0.247 e. The molecule has 32 heavy (non-hydrogen) atoms. The standard InChI is InChI=1S/C27H33ClN2O2/c1-19-14-16-21(17-15-19)26(27(32)29-22-10-3-2-4-11-22)30(25(31)18-28)24-13-7-9-20-8-5-6-12-23(20)24/h5-6,8,12,14-17,22,24,26H,2-4,7,9-11,13,18H2,1H3,(H,29,32)/t24-,26-/m1/s1. The molecule has 2 atom stereocenters. The van der Waals surface area contributed by atoms with Gasteiger partial charge in [0.2, 0.25) is 11.8 Å². The first-order valence-corrected chi connectivity index (χ1v) is 12.4. The maximum absolute atomic E-state index is 13.8. The summed E-state index contributed by atoms with van der Waals surface area (Å²) in [5.74, 6) is -0.433. The van der Waals surface area contributed by atoms with Crippen LogP contribution < -0.4 is 5.32 Å². The van der Waals surface area contributed by atoms with E-state index >= 15 is 0 Å².